The number of anilines is 1. The number of aromatic nitrogens is 1. The summed E-state index contributed by atoms with van der Waals surface area (Å²) in [6.07, 6.45) is 4.09. The molecule has 0 aliphatic carbocycles. The number of nitrogens with zero attached hydrogens (tertiary/aromatic N) is 2. The molecule has 1 atom stereocenters. The van der Waals surface area contributed by atoms with Crippen LogP contribution in [0.1, 0.15) is 29.6 Å². The summed E-state index contributed by atoms with van der Waals surface area (Å²) in [5, 5.41) is 0. The first-order valence-electron chi connectivity index (χ1n) is 6.38. The lowest BCUT2D eigenvalue weighted by Gasteiger charge is -2.22. The van der Waals surface area contributed by atoms with E-state index in [-0.39, 0.29) is 12.2 Å². The second kappa shape index (κ2) is 6.49. The Labute approximate surface area is 112 Å². The van der Waals surface area contributed by atoms with Gasteiger partial charge in [0.2, 0.25) is 0 Å². The fourth-order valence-electron chi connectivity index (χ4n) is 1.77. The smallest absolute Gasteiger partial charge is 0.276 e. The number of amides is 1. The fraction of sp³-hybridized carbons (Fsp3) is 0.538. The summed E-state index contributed by atoms with van der Waals surface area (Å²) in [7, 11) is 3.79. The molecule has 1 fully saturated rings. The molecule has 1 aliphatic heterocycles. The number of hydrogen-bond acceptors (Lipinski definition) is 5. The first-order chi connectivity index (χ1) is 9.16. The summed E-state index contributed by atoms with van der Waals surface area (Å²) < 4.78 is 5.36. The van der Waals surface area contributed by atoms with Gasteiger partial charge in [-0.2, -0.15) is 0 Å². The summed E-state index contributed by atoms with van der Waals surface area (Å²) >= 11 is 0. The average Bonchev–Trinajstić information content (AvgIpc) is 2.46. The van der Waals surface area contributed by atoms with Crippen molar-refractivity contribution in [3.8, 4) is 0 Å². The zero-order valence-electron chi connectivity index (χ0n) is 11.3. The van der Waals surface area contributed by atoms with Gasteiger partial charge in [0.1, 0.15) is 5.82 Å². The van der Waals surface area contributed by atoms with E-state index in [2.05, 4.69) is 10.5 Å². The summed E-state index contributed by atoms with van der Waals surface area (Å²) in [6, 6.07) is 3.49. The lowest BCUT2D eigenvalue weighted by molar-refractivity contribution is -0.186. The monoisotopic (exact) mass is 265 g/mol. The van der Waals surface area contributed by atoms with E-state index in [4.69, 9.17) is 9.57 Å². The maximum atomic E-state index is 11.8. The third-order valence-corrected chi connectivity index (χ3v) is 2.89. The molecule has 0 saturated carbocycles. The maximum absolute atomic E-state index is 11.8. The number of ether oxygens (including phenoxy) is 1. The molecule has 1 aromatic heterocycles. The van der Waals surface area contributed by atoms with E-state index in [9.17, 15) is 4.79 Å². The highest BCUT2D eigenvalue weighted by Crippen LogP contribution is 2.13. The van der Waals surface area contributed by atoms with Gasteiger partial charge in [0.25, 0.3) is 5.91 Å². The van der Waals surface area contributed by atoms with Crippen LogP contribution in [-0.4, -0.2) is 37.9 Å². The van der Waals surface area contributed by atoms with Crippen LogP contribution in [0, 0.1) is 0 Å². The highest BCUT2D eigenvalue weighted by Gasteiger charge is 2.16. The summed E-state index contributed by atoms with van der Waals surface area (Å²) in [5.74, 6) is 0.486. The van der Waals surface area contributed by atoms with Crippen LogP contribution in [0.15, 0.2) is 18.3 Å². The van der Waals surface area contributed by atoms with Crippen LogP contribution < -0.4 is 10.4 Å². The third kappa shape index (κ3) is 3.90. The van der Waals surface area contributed by atoms with Crippen molar-refractivity contribution in [3.05, 3.63) is 23.9 Å². The number of nitrogens with one attached hydrogen (secondary N) is 1. The number of rotatable bonds is 4. The molecule has 1 amide bonds. The quantitative estimate of drug-likeness (QED) is 0.832. The van der Waals surface area contributed by atoms with Gasteiger partial charge >= 0.3 is 0 Å². The molecule has 0 aromatic carbocycles. The highest BCUT2D eigenvalue weighted by atomic mass is 16.8. The van der Waals surface area contributed by atoms with Gasteiger partial charge in [0.05, 0.1) is 5.56 Å². The minimum Gasteiger partial charge on any atom is -0.363 e. The summed E-state index contributed by atoms with van der Waals surface area (Å²) in [4.78, 5) is 23.1. The molecule has 0 spiro atoms. The van der Waals surface area contributed by atoms with Crippen molar-refractivity contribution in [3.63, 3.8) is 0 Å². The molecule has 1 N–H and O–H groups in total. The standard InChI is InChI=1S/C13H19N3O3/c1-16(2)11-7-6-10(9-14-11)13(17)15-19-12-5-3-4-8-18-12/h6-7,9,12H,3-5,8H2,1-2H3,(H,15,17). The second-order valence-corrected chi connectivity index (χ2v) is 4.64. The Morgan fingerprint density at radius 3 is 2.89 bits per heavy atom. The number of carbonyl (C=O) groups excluding carboxylic acids is 1. The Kier molecular flexibility index (Phi) is 4.70. The maximum Gasteiger partial charge on any atom is 0.276 e. The van der Waals surface area contributed by atoms with E-state index >= 15 is 0 Å². The fourth-order valence-corrected chi connectivity index (χ4v) is 1.77. The molecule has 6 nitrogen and oxygen atoms in total. The highest BCUT2D eigenvalue weighted by molar-refractivity contribution is 5.93. The summed E-state index contributed by atoms with van der Waals surface area (Å²) in [5.41, 5.74) is 2.86. The van der Waals surface area contributed by atoms with Gasteiger partial charge in [-0.3, -0.25) is 4.79 Å². The molecular weight excluding hydrogens is 246 g/mol. The normalized spacial score (nSPS) is 18.9. The van der Waals surface area contributed by atoms with Gasteiger partial charge in [0.15, 0.2) is 6.29 Å². The van der Waals surface area contributed by atoms with Crippen LogP contribution in [-0.2, 0) is 9.57 Å². The summed E-state index contributed by atoms with van der Waals surface area (Å²) in [6.45, 7) is 0.680. The first-order valence-corrected chi connectivity index (χ1v) is 6.38. The zero-order valence-corrected chi connectivity index (χ0v) is 11.3. The van der Waals surface area contributed by atoms with Crippen molar-refractivity contribution in [2.75, 3.05) is 25.6 Å². The predicted octanol–water partition coefficient (Wildman–Crippen LogP) is 1.34. The number of hydrogen-bond donors (Lipinski definition) is 1. The van der Waals surface area contributed by atoms with E-state index < -0.39 is 0 Å². The Morgan fingerprint density at radius 2 is 2.32 bits per heavy atom. The predicted molar refractivity (Wildman–Crippen MR) is 70.7 cm³/mol. The largest absolute Gasteiger partial charge is 0.363 e. The molecule has 1 aliphatic rings. The molecule has 1 saturated heterocycles. The van der Waals surface area contributed by atoms with E-state index in [1.165, 1.54) is 6.20 Å². The average molecular weight is 265 g/mol. The van der Waals surface area contributed by atoms with Gasteiger partial charge in [-0.1, -0.05) is 0 Å². The van der Waals surface area contributed by atoms with Gasteiger partial charge in [0, 0.05) is 33.3 Å². The molecule has 1 unspecified atom stereocenters. The van der Waals surface area contributed by atoms with Crippen LogP contribution in [0.4, 0.5) is 5.82 Å². The van der Waals surface area contributed by atoms with Crippen molar-refractivity contribution in [1.82, 2.24) is 10.5 Å². The second-order valence-electron chi connectivity index (χ2n) is 4.64. The SMILES string of the molecule is CN(C)c1ccc(C(=O)NOC2CCCCO2)cn1. The Bertz CT molecular complexity index is 414. The van der Waals surface area contributed by atoms with Crippen molar-refractivity contribution < 1.29 is 14.4 Å². The van der Waals surface area contributed by atoms with E-state index in [0.29, 0.717) is 12.2 Å². The Morgan fingerprint density at radius 1 is 1.47 bits per heavy atom. The van der Waals surface area contributed by atoms with Gasteiger partial charge < -0.3 is 9.64 Å². The molecule has 19 heavy (non-hydrogen) atoms. The van der Waals surface area contributed by atoms with Crippen molar-refractivity contribution >= 4 is 11.7 Å². The third-order valence-electron chi connectivity index (χ3n) is 2.89. The molecule has 6 heteroatoms. The van der Waals surface area contributed by atoms with E-state index in [1.54, 1.807) is 12.1 Å². The lowest BCUT2D eigenvalue weighted by Crippen LogP contribution is -2.33. The van der Waals surface area contributed by atoms with Gasteiger partial charge in [-0.05, 0) is 25.0 Å². The first kappa shape index (κ1) is 13.8. The molecule has 1 aromatic rings. The number of pyridine rings is 1. The van der Waals surface area contributed by atoms with Crippen molar-refractivity contribution in [2.45, 2.75) is 25.6 Å². The molecule has 0 bridgehead atoms. The lowest BCUT2D eigenvalue weighted by atomic mass is 10.2. The van der Waals surface area contributed by atoms with Gasteiger partial charge in [-0.25, -0.2) is 15.3 Å². The van der Waals surface area contributed by atoms with Crippen LogP contribution >= 0.6 is 0 Å². The molecule has 2 rings (SSSR count). The minimum absolute atomic E-state index is 0.313. The molecular formula is C13H19N3O3. The topological polar surface area (TPSA) is 63.7 Å². The van der Waals surface area contributed by atoms with Crippen molar-refractivity contribution in [1.29, 1.82) is 0 Å². The Balaban J connectivity index is 1.85. The van der Waals surface area contributed by atoms with E-state index in [1.807, 2.05) is 19.0 Å². The molecule has 104 valence electrons. The zero-order chi connectivity index (χ0) is 13.7. The molecule has 0 radical (unpaired) electrons. The minimum atomic E-state index is -0.341. The molecule has 2 heterocycles. The Hall–Kier alpha value is -1.66. The van der Waals surface area contributed by atoms with Crippen LogP contribution in [0.25, 0.3) is 0 Å². The van der Waals surface area contributed by atoms with Crippen LogP contribution in [0.5, 0.6) is 0 Å². The van der Waals surface area contributed by atoms with E-state index in [0.717, 1.165) is 25.1 Å². The number of hydroxylamine groups is 1. The van der Waals surface area contributed by atoms with Crippen molar-refractivity contribution in [2.24, 2.45) is 0 Å². The number of carbonyl (C=O) groups is 1. The van der Waals surface area contributed by atoms with Crippen LogP contribution in [0.2, 0.25) is 0 Å². The van der Waals surface area contributed by atoms with Crippen LogP contribution in [0.3, 0.4) is 0 Å². The van der Waals surface area contributed by atoms with Gasteiger partial charge in [-0.15, -0.1) is 0 Å².